The molecule has 0 spiro atoms. The number of benzene rings is 2. The van der Waals surface area contributed by atoms with Crippen LogP contribution in [0, 0.1) is 0 Å². The Morgan fingerprint density at radius 1 is 0.962 bits per heavy atom. The number of aromatic nitrogens is 3. The Morgan fingerprint density at radius 2 is 1.73 bits per heavy atom. The number of halogens is 1. The van der Waals surface area contributed by atoms with Crippen LogP contribution in [-0.4, -0.2) is 33.3 Å². The van der Waals surface area contributed by atoms with Crippen molar-refractivity contribution in [2.24, 2.45) is 0 Å². The Balaban J connectivity index is 1.79. The maximum atomic E-state index is 8.88. The Bertz CT molecular complexity index is 820. The van der Waals surface area contributed by atoms with Crippen molar-refractivity contribution in [3.05, 3.63) is 70.9 Å². The van der Waals surface area contributed by atoms with Gasteiger partial charge in [-0.1, -0.05) is 60.1 Å². The summed E-state index contributed by atoms with van der Waals surface area (Å²) >= 11 is 6.27. The van der Waals surface area contributed by atoms with Gasteiger partial charge < -0.3 is 10.4 Å². The molecule has 0 fully saturated rings. The molecular weight excluding hydrogens is 348 g/mol. The van der Waals surface area contributed by atoms with Crippen LogP contribution in [0.3, 0.4) is 0 Å². The van der Waals surface area contributed by atoms with Gasteiger partial charge >= 0.3 is 0 Å². The molecule has 0 aliphatic rings. The molecule has 0 unspecified atom stereocenters. The standard InChI is InChI=1S/C20H23ClN4O/c21-18-11-5-4-10-17(18)15-25-23-19(14-22-12-6-7-13-26)20(24-25)16-8-2-1-3-9-16/h1-5,8-11,22,26H,6-7,12-15H2. The van der Waals surface area contributed by atoms with E-state index in [4.69, 9.17) is 21.8 Å². The molecule has 0 amide bonds. The van der Waals surface area contributed by atoms with Crippen LogP contribution in [0.2, 0.25) is 5.02 Å². The summed E-state index contributed by atoms with van der Waals surface area (Å²) in [5.74, 6) is 0. The van der Waals surface area contributed by atoms with Crippen LogP contribution in [0.25, 0.3) is 11.3 Å². The minimum atomic E-state index is 0.227. The molecule has 6 heteroatoms. The van der Waals surface area contributed by atoms with Gasteiger partial charge in [-0.15, -0.1) is 0 Å². The molecule has 1 heterocycles. The van der Waals surface area contributed by atoms with Crippen LogP contribution in [0.15, 0.2) is 54.6 Å². The summed E-state index contributed by atoms with van der Waals surface area (Å²) in [6.45, 7) is 2.24. The minimum absolute atomic E-state index is 0.227. The van der Waals surface area contributed by atoms with E-state index in [-0.39, 0.29) is 6.61 Å². The van der Waals surface area contributed by atoms with Crippen LogP contribution in [0.4, 0.5) is 0 Å². The topological polar surface area (TPSA) is 63.0 Å². The lowest BCUT2D eigenvalue weighted by Crippen LogP contribution is -2.16. The Labute approximate surface area is 158 Å². The van der Waals surface area contributed by atoms with Gasteiger partial charge in [0.25, 0.3) is 0 Å². The highest BCUT2D eigenvalue weighted by Gasteiger charge is 2.13. The van der Waals surface area contributed by atoms with E-state index in [0.29, 0.717) is 13.1 Å². The van der Waals surface area contributed by atoms with E-state index in [2.05, 4.69) is 10.4 Å². The predicted molar refractivity (Wildman–Crippen MR) is 104 cm³/mol. The molecule has 0 saturated heterocycles. The summed E-state index contributed by atoms with van der Waals surface area (Å²) in [6, 6.07) is 17.8. The zero-order valence-corrected chi connectivity index (χ0v) is 15.4. The fourth-order valence-corrected chi connectivity index (χ4v) is 2.94. The molecule has 3 aromatic rings. The molecule has 136 valence electrons. The minimum Gasteiger partial charge on any atom is -0.396 e. The fourth-order valence-electron chi connectivity index (χ4n) is 2.74. The molecule has 3 rings (SSSR count). The average molecular weight is 371 g/mol. The van der Waals surface area contributed by atoms with Crippen molar-refractivity contribution in [3.8, 4) is 11.3 Å². The lowest BCUT2D eigenvalue weighted by atomic mass is 10.1. The van der Waals surface area contributed by atoms with Gasteiger partial charge in [-0.25, -0.2) is 0 Å². The molecule has 0 saturated carbocycles. The van der Waals surface area contributed by atoms with Crippen LogP contribution in [0.5, 0.6) is 0 Å². The zero-order valence-electron chi connectivity index (χ0n) is 14.6. The first-order valence-corrected chi connectivity index (χ1v) is 9.20. The highest BCUT2D eigenvalue weighted by atomic mass is 35.5. The number of unbranched alkanes of at least 4 members (excludes halogenated alkanes) is 1. The summed E-state index contributed by atoms with van der Waals surface area (Å²) in [7, 11) is 0. The number of hydrogen-bond acceptors (Lipinski definition) is 4. The van der Waals surface area contributed by atoms with E-state index in [1.807, 2.05) is 54.6 Å². The molecule has 0 aliphatic carbocycles. The summed E-state index contributed by atoms with van der Waals surface area (Å²) in [5.41, 5.74) is 3.83. The molecule has 2 N–H and O–H groups in total. The molecule has 5 nitrogen and oxygen atoms in total. The van der Waals surface area contributed by atoms with E-state index in [1.54, 1.807) is 4.80 Å². The first kappa shape index (κ1) is 18.6. The van der Waals surface area contributed by atoms with Gasteiger partial charge in [-0.3, -0.25) is 0 Å². The number of rotatable bonds is 9. The van der Waals surface area contributed by atoms with Crippen molar-refractivity contribution < 1.29 is 5.11 Å². The van der Waals surface area contributed by atoms with Gasteiger partial charge in [0.05, 0.1) is 6.54 Å². The molecule has 26 heavy (non-hydrogen) atoms. The zero-order chi connectivity index (χ0) is 18.2. The van der Waals surface area contributed by atoms with Crippen LogP contribution in [0.1, 0.15) is 24.1 Å². The lowest BCUT2D eigenvalue weighted by Gasteiger charge is -2.03. The Morgan fingerprint density at radius 3 is 2.50 bits per heavy atom. The first-order valence-electron chi connectivity index (χ1n) is 8.82. The Kier molecular flexibility index (Phi) is 6.77. The highest BCUT2D eigenvalue weighted by molar-refractivity contribution is 6.31. The van der Waals surface area contributed by atoms with Gasteiger partial charge in [0.1, 0.15) is 11.4 Å². The van der Waals surface area contributed by atoms with Gasteiger partial charge in [-0.05, 0) is 31.0 Å². The van der Waals surface area contributed by atoms with Crippen LogP contribution >= 0.6 is 11.6 Å². The van der Waals surface area contributed by atoms with Gasteiger partial charge in [0.2, 0.25) is 0 Å². The number of aliphatic hydroxyl groups is 1. The third kappa shape index (κ3) is 4.91. The largest absolute Gasteiger partial charge is 0.396 e. The Hall–Kier alpha value is -2.21. The van der Waals surface area contributed by atoms with Gasteiger partial charge in [0.15, 0.2) is 0 Å². The SMILES string of the molecule is OCCCCNCc1nn(Cc2ccccc2Cl)nc1-c1ccccc1. The normalized spacial score (nSPS) is 11.0. The van der Waals surface area contributed by atoms with Crippen LogP contribution in [-0.2, 0) is 13.1 Å². The average Bonchev–Trinajstić information content (AvgIpc) is 3.07. The van der Waals surface area contributed by atoms with Crippen molar-refractivity contribution in [2.45, 2.75) is 25.9 Å². The van der Waals surface area contributed by atoms with Crippen molar-refractivity contribution in [3.63, 3.8) is 0 Å². The van der Waals surface area contributed by atoms with E-state index >= 15 is 0 Å². The second-order valence-corrected chi connectivity index (χ2v) is 6.50. The third-order valence-corrected chi connectivity index (χ3v) is 4.46. The second-order valence-electron chi connectivity index (χ2n) is 6.09. The van der Waals surface area contributed by atoms with E-state index in [0.717, 1.165) is 46.9 Å². The van der Waals surface area contributed by atoms with Gasteiger partial charge in [-0.2, -0.15) is 15.0 Å². The quantitative estimate of drug-likeness (QED) is 0.566. The van der Waals surface area contributed by atoms with Crippen molar-refractivity contribution in [1.82, 2.24) is 20.3 Å². The molecule has 2 aromatic carbocycles. The van der Waals surface area contributed by atoms with E-state index < -0.39 is 0 Å². The number of aliphatic hydroxyl groups excluding tert-OH is 1. The molecule has 0 aliphatic heterocycles. The molecule has 0 radical (unpaired) electrons. The maximum absolute atomic E-state index is 8.88. The smallest absolute Gasteiger partial charge is 0.117 e. The van der Waals surface area contributed by atoms with Crippen molar-refractivity contribution in [1.29, 1.82) is 0 Å². The fraction of sp³-hybridized carbons (Fsp3) is 0.300. The van der Waals surface area contributed by atoms with Gasteiger partial charge in [0, 0.05) is 23.7 Å². The summed E-state index contributed by atoms with van der Waals surface area (Å²) in [5, 5.41) is 22.4. The number of hydrogen-bond donors (Lipinski definition) is 2. The van der Waals surface area contributed by atoms with E-state index in [1.165, 1.54) is 0 Å². The van der Waals surface area contributed by atoms with Crippen molar-refractivity contribution >= 4 is 11.6 Å². The predicted octanol–water partition coefficient (Wildman–Crippen LogP) is 3.51. The monoisotopic (exact) mass is 370 g/mol. The summed E-state index contributed by atoms with van der Waals surface area (Å²) in [4.78, 5) is 1.70. The van der Waals surface area contributed by atoms with Crippen LogP contribution < -0.4 is 5.32 Å². The number of nitrogens with one attached hydrogen (secondary N) is 1. The summed E-state index contributed by atoms with van der Waals surface area (Å²) < 4.78 is 0. The van der Waals surface area contributed by atoms with E-state index in [9.17, 15) is 0 Å². The molecular formula is C20H23ClN4O. The first-order chi connectivity index (χ1) is 12.8. The molecule has 0 atom stereocenters. The maximum Gasteiger partial charge on any atom is 0.117 e. The summed E-state index contributed by atoms with van der Waals surface area (Å²) in [6.07, 6.45) is 1.74. The molecule has 0 bridgehead atoms. The molecule has 1 aromatic heterocycles. The third-order valence-electron chi connectivity index (χ3n) is 4.10. The van der Waals surface area contributed by atoms with Crippen molar-refractivity contribution in [2.75, 3.05) is 13.2 Å². The highest BCUT2D eigenvalue weighted by Crippen LogP contribution is 2.21. The number of nitrogens with zero attached hydrogens (tertiary/aromatic N) is 3. The lowest BCUT2D eigenvalue weighted by molar-refractivity contribution is 0.283. The second kappa shape index (κ2) is 9.48.